The van der Waals surface area contributed by atoms with Crippen molar-refractivity contribution in [3.63, 3.8) is 0 Å². The smallest absolute Gasteiger partial charge is 0.164 e. The minimum atomic E-state index is -0.545. The van der Waals surface area contributed by atoms with Gasteiger partial charge in [0.15, 0.2) is 17.5 Å². The lowest BCUT2D eigenvalue weighted by molar-refractivity contribution is 0.670. The average Bonchev–Trinajstić information content (AvgIpc) is 3.97. The molecule has 5 heteroatoms. The van der Waals surface area contributed by atoms with E-state index >= 15 is 0 Å². The summed E-state index contributed by atoms with van der Waals surface area (Å²) in [6, 6.07) is 37.8. The van der Waals surface area contributed by atoms with Crippen LogP contribution in [0.1, 0.15) is 16.4 Å². The molecule has 12 rings (SSSR count). The second-order valence-electron chi connectivity index (χ2n) is 14.6. The van der Waals surface area contributed by atoms with Crippen molar-refractivity contribution >= 4 is 43.7 Å². The zero-order valence-electron chi connectivity index (χ0n) is 44.6. The second-order valence-corrected chi connectivity index (χ2v) is 14.6. The summed E-state index contributed by atoms with van der Waals surface area (Å²) in [4.78, 5) is 15.0. The molecule has 12 aromatic rings. The molecule has 0 bridgehead atoms. The molecule has 0 unspecified atom stereocenters. The standard InChI is InChI=1S/C57H36N4O/c1-5-16-37(17-6-1)41-28-31-44-45-32-29-42(38-18-7-2-8-19-38)36-52(45)61(51(44)35-41)50-33-30-43(34-49(50)48-26-15-25-47-46-24-13-14-27-53(46)62-54(47)48)57-59-55(39-20-9-3-10-21-39)58-56(60-57)40-22-11-4-12-23-40/h1-36H/i1D,2D,16D,17D,18D,19D,28D,29D,31D,32D,35D,36D. The first-order chi connectivity index (χ1) is 35.7. The molecule has 0 radical (unpaired) electrons. The highest BCUT2D eigenvalue weighted by molar-refractivity contribution is 6.13. The largest absolute Gasteiger partial charge is 0.455 e. The molecule has 62 heavy (non-hydrogen) atoms. The van der Waals surface area contributed by atoms with E-state index in [0.717, 1.165) is 21.9 Å². The van der Waals surface area contributed by atoms with Crippen molar-refractivity contribution in [3.05, 3.63) is 218 Å². The van der Waals surface area contributed by atoms with Gasteiger partial charge in [0.2, 0.25) is 0 Å². The van der Waals surface area contributed by atoms with Gasteiger partial charge in [-0.2, -0.15) is 0 Å². The predicted molar refractivity (Wildman–Crippen MR) is 254 cm³/mol. The maximum atomic E-state index is 10.1. The van der Waals surface area contributed by atoms with Crippen LogP contribution in [0.3, 0.4) is 0 Å². The van der Waals surface area contributed by atoms with Gasteiger partial charge in [0.1, 0.15) is 11.2 Å². The number of hydrogen-bond acceptors (Lipinski definition) is 4. The number of fused-ring (bicyclic) bond motifs is 6. The highest BCUT2D eigenvalue weighted by atomic mass is 16.3. The Morgan fingerprint density at radius 3 is 1.52 bits per heavy atom. The fraction of sp³-hybridized carbons (Fsp3) is 0. The Morgan fingerprint density at radius 1 is 0.387 bits per heavy atom. The first-order valence-electron chi connectivity index (χ1n) is 25.9. The van der Waals surface area contributed by atoms with Crippen molar-refractivity contribution in [2.75, 3.05) is 0 Å². The quantitative estimate of drug-likeness (QED) is 0.161. The van der Waals surface area contributed by atoms with E-state index in [-0.39, 0.29) is 86.0 Å². The number of benzene rings is 9. The zero-order valence-corrected chi connectivity index (χ0v) is 32.6. The van der Waals surface area contributed by atoms with Gasteiger partial charge in [0.05, 0.1) is 33.2 Å². The summed E-state index contributed by atoms with van der Waals surface area (Å²) < 4.78 is 119. The van der Waals surface area contributed by atoms with Gasteiger partial charge >= 0.3 is 0 Å². The van der Waals surface area contributed by atoms with Crippen LogP contribution in [-0.2, 0) is 0 Å². The fourth-order valence-electron chi connectivity index (χ4n) is 7.99. The molecule has 0 aliphatic rings. The van der Waals surface area contributed by atoms with E-state index in [1.54, 1.807) is 12.1 Å². The molecule has 0 fully saturated rings. The van der Waals surface area contributed by atoms with Crippen molar-refractivity contribution in [2.45, 2.75) is 0 Å². The van der Waals surface area contributed by atoms with Crippen molar-refractivity contribution < 1.29 is 20.9 Å². The van der Waals surface area contributed by atoms with E-state index in [4.69, 9.17) is 27.6 Å². The van der Waals surface area contributed by atoms with Crippen LogP contribution < -0.4 is 0 Å². The van der Waals surface area contributed by atoms with Gasteiger partial charge in [0.25, 0.3) is 0 Å². The lowest BCUT2D eigenvalue weighted by Gasteiger charge is -2.17. The third-order valence-electron chi connectivity index (χ3n) is 10.9. The van der Waals surface area contributed by atoms with Crippen LogP contribution >= 0.6 is 0 Å². The average molecular weight is 805 g/mol. The molecule has 0 aliphatic carbocycles. The van der Waals surface area contributed by atoms with Crippen LogP contribution in [0.15, 0.2) is 223 Å². The first kappa shape index (κ1) is 25.3. The van der Waals surface area contributed by atoms with E-state index < -0.39 is 36.3 Å². The van der Waals surface area contributed by atoms with Crippen LogP contribution in [0.5, 0.6) is 0 Å². The van der Waals surface area contributed by atoms with Crippen molar-refractivity contribution in [2.24, 2.45) is 0 Å². The Kier molecular flexibility index (Phi) is 5.99. The number of furan rings is 1. The summed E-state index contributed by atoms with van der Waals surface area (Å²) in [6.07, 6.45) is 0. The molecule has 0 saturated carbocycles. The van der Waals surface area contributed by atoms with Crippen LogP contribution in [0.2, 0.25) is 0 Å². The minimum Gasteiger partial charge on any atom is -0.455 e. The molecule has 3 heterocycles. The number of para-hydroxylation sites is 2. The Hall–Kier alpha value is -8.41. The lowest BCUT2D eigenvalue weighted by Crippen LogP contribution is -2.02. The molecule has 290 valence electrons. The van der Waals surface area contributed by atoms with Gasteiger partial charge in [-0.3, -0.25) is 0 Å². The van der Waals surface area contributed by atoms with E-state index in [1.165, 1.54) is 28.8 Å². The second kappa shape index (κ2) is 14.7. The summed E-state index contributed by atoms with van der Waals surface area (Å²) >= 11 is 0. The SMILES string of the molecule is [2H]c1cc([2H])c(-c2c([2H])c([2H])c3c4c([2H])c([2H])c(-c5c([2H])cc([2H])cc5[2H])c([2H])c4n(-c4ccc(-c5nc(-c6ccccc6)nc(-c6ccccc6)n5)cc4-c4cccc5c4oc4ccccc45)c3c2[2H])c([2H])c1. The Labute approximate surface area is 374 Å². The topological polar surface area (TPSA) is 56.7 Å². The van der Waals surface area contributed by atoms with E-state index in [0.29, 0.717) is 45.3 Å². The maximum Gasteiger partial charge on any atom is 0.164 e. The molecule has 0 spiro atoms. The van der Waals surface area contributed by atoms with Crippen LogP contribution in [0.25, 0.3) is 117 Å². The molecule has 9 aromatic carbocycles. The number of nitrogens with zero attached hydrogens (tertiary/aromatic N) is 4. The maximum absolute atomic E-state index is 10.1. The Morgan fingerprint density at radius 2 is 0.919 bits per heavy atom. The van der Waals surface area contributed by atoms with Crippen molar-refractivity contribution in [3.8, 4) is 73.2 Å². The molecular formula is C57H36N4O. The molecule has 0 aliphatic heterocycles. The molecule has 0 N–H and O–H groups in total. The summed E-state index contributed by atoms with van der Waals surface area (Å²) in [7, 11) is 0. The number of hydrogen-bond donors (Lipinski definition) is 0. The van der Waals surface area contributed by atoms with E-state index in [1.807, 2.05) is 109 Å². The van der Waals surface area contributed by atoms with Gasteiger partial charge in [0, 0.05) is 49.4 Å². The predicted octanol–water partition coefficient (Wildman–Crippen LogP) is 14.9. The first-order valence-corrected chi connectivity index (χ1v) is 19.9. The summed E-state index contributed by atoms with van der Waals surface area (Å²) in [5.74, 6) is 1.11. The van der Waals surface area contributed by atoms with Gasteiger partial charge in [-0.05, 0) is 58.6 Å². The van der Waals surface area contributed by atoms with Crippen LogP contribution in [0, 0.1) is 0 Å². The monoisotopic (exact) mass is 804 g/mol. The lowest BCUT2D eigenvalue weighted by atomic mass is 9.97. The highest BCUT2D eigenvalue weighted by Crippen LogP contribution is 2.43. The minimum absolute atomic E-state index is 0.0920. The third kappa shape index (κ3) is 6.06. The zero-order chi connectivity index (χ0) is 51.4. The van der Waals surface area contributed by atoms with E-state index in [9.17, 15) is 8.22 Å². The highest BCUT2D eigenvalue weighted by Gasteiger charge is 2.22. The fourth-order valence-corrected chi connectivity index (χ4v) is 7.99. The summed E-state index contributed by atoms with van der Waals surface area (Å²) in [5, 5.41) is 1.36. The summed E-state index contributed by atoms with van der Waals surface area (Å²) in [6.45, 7) is 0. The third-order valence-corrected chi connectivity index (χ3v) is 10.9. The number of aromatic nitrogens is 4. The summed E-state index contributed by atoms with van der Waals surface area (Å²) in [5.41, 5.74) is 3.28. The molecule has 0 atom stereocenters. The Balaban J connectivity index is 1.27. The van der Waals surface area contributed by atoms with Crippen molar-refractivity contribution in [1.29, 1.82) is 0 Å². The van der Waals surface area contributed by atoms with Gasteiger partial charge in [-0.15, -0.1) is 0 Å². The van der Waals surface area contributed by atoms with Gasteiger partial charge < -0.3 is 8.98 Å². The van der Waals surface area contributed by atoms with E-state index in [2.05, 4.69) is 0 Å². The molecule has 0 amide bonds. The molecule has 0 saturated heterocycles. The molecular weight excluding hydrogens is 757 g/mol. The van der Waals surface area contributed by atoms with Crippen LogP contribution in [-0.4, -0.2) is 19.5 Å². The Bertz CT molecular complexity index is 4110. The normalized spacial score (nSPS) is 14.3. The van der Waals surface area contributed by atoms with Crippen LogP contribution in [0.4, 0.5) is 0 Å². The molecule has 5 nitrogen and oxygen atoms in total. The van der Waals surface area contributed by atoms with Gasteiger partial charge in [-0.1, -0.05) is 182 Å². The number of rotatable bonds is 7. The molecule has 3 aromatic heterocycles. The van der Waals surface area contributed by atoms with Crippen molar-refractivity contribution in [1.82, 2.24) is 19.5 Å². The van der Waals surface area contributed by atoms with Gasteiger partial charge in [-0.25, -0.2) is 15.0 Å².